The summed E-state index contributed by atoms with van der Waals surface area (Å²) in [5.74, 6) is -0.213. The fourth-order valence-electron chi connectivity index (χ4n) is 5.99. The Bertz CT molecular complexity index is 1490. The van der Waals surface area contributed by atoms with Gasteiger partial charge in [-0.2, -0.15) is 0 Å². The van der Waals surface area contributed by atoms with Crippen LogP contribution in [0, 0.1) is 5.82 Å². The number of unbranched alkanes of at least 4 members (excludes halogenated alkanes) is 4. The second-order valence-corrected chi connectivity index (χ2v) is 11.3. The summed E-state index contributed by atoms with van der Waals surface area (Å²) in [4.78, 5) is 2.36. The topological polar surface area (TPSA) is 8.17 Å². The van der Waals surface area contributed by atoms with Crippen LogP contribution in [-0.4, -0.2) is 16.5 Å². The molecular formula is C39H45FN2. The molecule has 0 unspecified atom stereocenters. The molecule has 42 heavy (non-hydrogen) atoms. The number of benzene rings is 3. The fourth-order valence-corrected chi connectivity index (χ4v) is 5.99. The van der Waals surface area contributed by atoms with Crippen LogP contribution in [0.3, 0.4) is 0 Å². The summed E-state index contributed by atoms with van der Waals surface area (Å²) in [6, 6.07) is 28.6. The van der Waals surface area contributed by atoms with Crippen LogP contribution in [0.4, 0.5) is 4.39 Å². The first-order valence-corrected chi connectivity index (χ1v) is 15.3. The lowest BCUT2D eigenvalue weighted by Gasteiger charge is -2.27. The van der Waals surface area contributed by atoms with Crippen LogP contribution in [0.15, 0.2) is 109 Å². The zero-order valence-corrected chi connectivity index (χ0v) is 25.7. The average molecular weight is 561 g/mol. The van der Waals surface area contributed by atoms with Gasteiger partial charge in [-0.25, -0.2) is 4.39 Å². The first kappa shape index (κ1) is 30.9. The molecule has 0 aliphatic rings. The van der Waals surface area contributed by atoms with Crippen LogP contribution in [0.2, 0.25) is 0 Å². The standard InChI is InChI=1S/C39H45FN2/c1-6-8-9-10-11-12-19-24-36-37(33-25-27-34(40)28-26-33)38(32-22-17-14-18-23-32)39(42(36)30(3)4)35(7-2)41(5)29-31-20-15-13-16-21-31/h7-8,13-18,20-23,25-28,30H,1,9-12,19,24,29H2,2-5H3/b35-7-. The molecule has 0 saturated heterocycles. The van der Waals surface area contributed by atoms with E-state index in [-0.39, 0.29) is 11.9 Å². The number of hydrogen-bond donors (Lipinski definition) is 0. The van der Waals surface area contributed by atoms with Crippen molar-refractivity contribution < 1.29 is 4.39 Å². The quantitative estimate of drug-likeness (QED) is 0.110. The summed E-state index contributed by atoms with van der Waals surface area (Å²) in [6.45, 7) is 11.2. The summed E-state index contributed by atoms with van der Waals surface area (Å²) in [5, 5.41) is 0. The summed E-state index contributed by atoms with van der Waals surface area (Å²) in [6.07, 6.45) is 10.9. The van der Waals surface area contributed by atoms with Gasteiger partial charge in [0.05, 0.1) is 11.4 Å². The maximum Gasteiger partial charge on any atom is 0.123 e. The van der Waals surface area contributed by atoms with Crippen LogP contribution >= 0.6 is 0 Å². The lowest BCUT2D eigenvalue weighted by molar-refractivity contribution is 0.462. The van der Waals surface area contributed by atoms with Crippen molar-refractivity contribution in [2.75, 3.05) is 7.05 Å². The predicted octanol–water partition coefficient (Wildman–Crippen LogP) is 10.9. The van der Waals surface area contributed by atoms with E-state index in [1.807, 2.05) is 18.2 Å². The minimum atomic E-state index is -0.213. The monoisotopic (exact) mass is 560 g/mol. The van der Waals surface area contributed by atoms with E-state index in [9.17, 15) is 4.39 Å². The Morgan fingerprint density at radius 3 is 2.10 bits per heavy atom. The second kappa shape index (κ2) is 15.2. The minimum absolute atomic E-state index is 0.213. The number of halogens is 1. The summed E-state index contributed by atoms with van der Waals surface area (Å²) in [7, 11) is 2.18. The molecule has 0 radical (unpaired) electrons. The molecule has 0 atom stereocenters. The Hall–Kier alpha value is -4.07. The van der Waals surface area contributed by atoms with E-state index < -0.39 is 0 Å². The van der Waals surface area contributed by atoms with E-state index in [4.69, 9.17) is 0 Å². The van der Waals surface area contributed by atoms with Crippen molar-refractivity contribution in [2.24, 2.45) is 0 Å². The molecule has 0 saturated carbocycles. The SMILES string of the molecule is C=C=CCCCCCCc1c(-c2ccc(F)cc2)c(-c2ccccc2)c(/C(=C/C)N(C)Cc2ccccc2)n1C(C)C. The molecule has 0 amide bonds. The van der Waals surface area contributed by atoms with E-state index in [1.165, 1.54) is 45.8 Å². The number of hydrogen-bond acceptors (Lipinski definition) is 1. The van der Waals surface area contributed by atoms with Crippen molar-refractivity contribution in [3.8, 4) is 22.3 Å². The Labute approximate surface area is 252 Å². The van der Waals surface area contributed by atoms with E-state index in [0.29, 0.717) is 0 Å². The molecule has 0 bridgehead atoms. The number of rotatable bonds is 14. The van der Waals surface area contributed by atoms with Gasteiger partial charge in [0, 0.05) is 36.5 Å². The third-order valence-corrected chi connectivity index (χ3v) is 7.87. The van der Waals surface area contributed by atoms with Gasteiger partial charge in [-0.1, -0.05) is 98.3 Å². The van der Waals surface area contributed by atoms with Crippen LogP contribution < -0.4 is 0 Å². The maximum absolute atomic E-state index is 14.2. The fraction of sp³-hybridized carbons (Fsp3) is 0.308. The Morgan fingerprint density at radius 1 is 0.857 bits per heavy atom. The molecule has 3 aromatic carbocycles. The molecule has 0 aliphatic heterocycles. The average Bonchev–Trinajstić information content (AvgIpc) is 3.33. The highest BCUT2D eigenvalue weighted by molar-refractivity contribution is 5.93. The Kier molecular flexibility index (Phi) is 11.2. The molecule has 4 aromatic rings. The number of aromatic nitrogens is 1. The van der Waals surface area contributed by atoms with E-state index in [2.05, 4.69) is 116 Å². The molecular weight excluding hydrogens is 515 g/mol. The lowest BCUT2D eigenvalue weighted by Crippen LogP contribution is -2.20. The zero-order chi connectivity index (χ0) is 29.9. The van der Waals surface area contributed by atoms with Crippen molar-refractivity contribution in [3.05, 3.63) is 132 Å². The highest BCUT2D eigenvalue weighted by atomic mass is 19.1. The summed E-state index contributed by atoms with van der Waals surface area (Å²) in [5.41, 5.74) is 12.6. The molecule has 1 heterocycles. The normalized spacial score (nSPS) is 11.5. The van der Waals surface area contributed by atoms with Crippen molar-refractivity contribution in [1.82, 2.24) is 9.47 Å². The van der Waals surface area contributed by atoms with Gasteiger partial charge in [0.1, 0.15) is 5.82 Å². The molecule has 218 valence electrons. The van der Waals surface area contributed by atoms with Gasteiger partial charge in [0.25, 0.3) is 0 Å². The van der Waals surface area contributed by atoms with Gasteiger partial charge >= 0.3 is 0 Å². The molecule has 4 rings (SSSR count). The number of nitrogens with zero attached hydrogens (tertiary/aromatic N) is 2. The third kappa shape index (κ3) is 7.41. The van der Waals surface area contributed by atoms with Gasteiger partial charge in [0.2, 0.25) is 0 Å². The third-order valence-electron chi connectivity index (χ3n) is 7.87. The Balaban J connectivity index is 1.90. The van der Waals surface area contributed by atoms with Gasteiger partial charge in [-0.15, -0.1) is 5.73 Å². The molecule has 0 fully saturated rings. The molecule has 2 nitrogen and oxygen atoms in total. The van der Waals surface area contributed by atoms with E-state index in [1.54, 1.807) is 12.1 Å². The van der Waals surface area contributed by atoms with Crippen molar-refractivity contribution >= 4 is 5.70 Å². The molecule has 0 N–H and O–H groups in total. The van der Waals surface area contributed by atoms with Crippen LogP contribution in [0.1, 0.15) is 75.9 Å². The van der Waals surface area contributed by atoms with Crippen molar-refractivity contribution in [1.29, 1.82) is 0 Å². The largest absolute Gasteiger partial charge is 0.369 e. The Morgan fingerprint density at radius 2 is 1.48 bits per heavy atom. The van der Waals surface area contributed by atoms with E-state index >= 15 is 0 Å². The van der Waals surface area contributed by atoms with Gasteiger partial charge in [-0.05, 0) is 81.4 Å². The first-order chi connectivity index (χ1) is 20.5. The van der Waals surface area contributed by atoms with Gasteiger partial charge in [-0.3, -0.25) is 0 Å². The van der Waals surface area contributed by atoms with Crippen LogP contribution in [-0.2, 0) is 13.0 Å². The van der Waals surface area contributed by atoms with Crippen LogP contribution in [0.25, 0.3) is 28.0 Å². The second-order valence-electron chi connectivity index (χ2n) is 11.3. The number of allylic oxidation sites excluding steroid dienone is 2. The first-order valence-electron chi connectivity index (χ1n) is 15.3. The highest BCUT2D eigenvalue weighted by Gasteiger charge is 2.29. The maximum atomic E-state index is 14.2. The smallest absolute Gasteiger partial charge is 0.123 e. The lowest BCUT2D eigenvalue weighted by atomic mass is 9.92. The van der Waals surface area contributed by atoms with E-state index in [0.717, 1.165) is 44.2 Å². The highest BCUT2D eigenvalue weighted by Crippen LogP contribution is 2.45. The summed E-state index contributed by atoms with van der Waals surface area (Å²) >= 11 is 0. The molecule has 0 aliphatic carbocycles. The van der Waals surface area contributed by atoms with Gasteiger partial charge in [0.15, 0.2) is 0 Å². The minimum Gasteiger partial charge on any atom is -0.369 e. The summed E-state index contributed by atoms with van der Waals surface area (Å²) < 4.78 is 16.7. The van der Waals surface area contributed by atoms with Crippen molar-refractivity contribution in [3.63, 3.8) is 0 Å². The molecule has 0 spiro atoms. The predicted molar refractivity (Wildman–Crippen MR) is 178 cm³/mol. The van der Waals surface area contributed by atoms with Crippen molar-refractivity contribution in [2.45, 2.75) is 71.9 Å². The van der Waals surface area contributed by atoms with Gasteiger partial charge < -0.3 is 9.47 Å². The zero-order valence-electron chi connectivity index (χ0n) is 25.7. The molecule has 1 aromatic heterocycles. The van der Waals surface area contributed by atoms with Crippen LogP contribution in [0.5, 0.6) is 0 Å². The molecule has 3 heteroatoms.